The zero-order chi connectivity index (χ0) is 20.8. The topological polar surface area (TPSA) is 81.4 Å². The number of carbonyl (C=O) groups is 1. The minimum atomic E-state index is -1.29. The highest BCUT2D eigenvalue weighted by Crippen LogP contribution is 2.24. The van der Waals surface area contributed by atoms with Crippen molar-refractivity contribution in [2.75, 3.05) is 0 Å². The summed E-state index contributed by atoms with van der Waals surface area (Å²) in [6.45, 7) is 2.43. The van der Waals surface area contributed by atoms with Crippen molar-refractivity contribution in [3.63, 3.8) is 0 Å². The van der Waals surface area contributed by atoms with Crippen LogP contribution in [0.25, 0.3) is 0 Å². The average Bonchev–Trinajstić information content (AvgIpc) is 2.71. The molecule has 1 heterocycles. The molecule has 3 rings (SSSR count). The standard InChI is InChI=1S/C22H21BrN2O4/c1-2-25-20(24-13-18(21(25)26)22(27)28)19(12-16-9-6-10-17(23)11-16)29-14-15-7-4-3-5-8-15/h3-11,13,19H,2,12,14H2,1H3,(H,27,28). The highest BCUT2D eigenvalue weighted by molar-refractivity contribution is 9.10. The van der Waals surface area contributed by atoms with Gasteiger partial charge in [-0.15, -0.1) is 0 Å². The number of benzene rings is 2. The summed E-state index contributed by atoms with van der Waals surface area (Å²) in [6.07, 6.45) is 1.09. The van der Waals surface area contributed by atoms with Crippen molar-refractivity contribution in [2.24, 2.45) is 0 Å². The van der Waals surface area contributed by atoms with Crippen molar-refractivity contribution in [3.8, 4) is 0 Å². The van der Waals surface area contributed by atoms with Gasteiger partial charge in [-0.25, -0.2) is 9.78 Å². The lowest BCUT2D eigenvalue weighted by Gasteiger charge is -2.21. The van der Waals surface area contributed by atoms with Crippen molar-refractivity contribution in [3.05, 3.63) is 98.1 Å². The predicted octanol–water partition coefficient (Wildman–Crippen LogP) is 4.22. The van der Waals surface area contributed by atoms with Gasteiger partial charge in [0, 0.05) is 23.6 Å². The van der Waals surface area contributed by atoms with Crippen molar-refractivity contribution < 1.29 is 14.6 Å². The van der Waals surface area contributed by atoms with Crippen LogP contribution in [-0.4, -0.2) is 20.6 Å². The molecule has 0 radical (unpaired) electrons. The Kier molecular flexibility index (Phi) is 6.95. The molecule has 0 amide bonds. The monoisotopic (exact) mass is 456 g/mol. The van der Waals surface area contributed by atoms with E-state index in [-0.39, 0.29) is 5.56 Å². The van der Waals surface area contributed by atoms with Crippen LogP contribution in [-0.2, 0) is 24.3 Å². The molecule has 6 nitrogen and oxygen atoms in total. The minimum absolute atomic E-state index is 0.298. The van der Waals surface area contributed by atoms with Gasteiger partial charge >= 0.3 is 5.97 Å². The maximum absolute atomic E-state index is 12.6. The van der Waals surface area contributed by atoms with E-state index in [0.717, 1.165) is 21.8 Å². The largest absolute Gasteiger partial charge is 0.477 e. The third-order valence-electron chi connectivity index (χ3n) is 4.52. The highest BCUT2D eigenvalue weighted by Gasteiger charge is 2.22. The van der Waals surface area contributed by atoms with E-state index in [4.69, 9.17) is 4.74 Å². The van der Waals surface area contributed by atoms with Gasteiger partial charge < -0.3 is 9.84 Å². The molecular formula is C22H21BrN2O4. The number of nitrogens with zero attached hydrogens (tertiary/aromatic N) is 2. The van der Waals surface area contributed by atoms with Gasteiger partial charge in [0.2, 0.25) is 0 Å². The Hall–Kier alpha value is -2.77. The van der Waals surface area contributed by atoms with Gasteiger partial charge in [-0.1, -0.05) is 58.4 Å². The predicted molar refractivity (Wildman–Crippen MR) is 113 cm³/mol. The zero-order valence-corrected chi connectivity index (χ0v) is 17.5. The van der Waals surface area contributed by atoms with Crippen LogP contribution < -0.4 is 5.56 Å². The van der Waals surface area contributed by atoms with Gasteiger partial charge in [-0.3, -0.25) is 9.36 Å². The lowest BCUT2D eigenvalue weighted by Crippen LogP contribution is -2.31. The summed E-state index contributed by atoms with van der Waals surface area (Å²) >= 11 is 3.47. The van der Waals surface area contributed by atoms with Crippen LogP contribution >= 0.6 is 15.9 Å². The Balaban J connectivity index is 1.98. The number of carboxylic acid groups (broad SMARTS) is 1. The maximum atomic E-state index is 12.6. The summed E-state index contributed by atoms with van der Waals surface area (Å²) < 4.78 is 8.49. The molecule has 0 spiro atoms. The number of hydrogen-bond acceptors (Lipinski definition) is 4. The first-order chi connectivity index (χ1) is 14.0. The van der Waals surface area contributed by atoms with E-state index >= 15 is 0 Å². The molecule has 2 aromatic carbocycles. The molecule has 1 atom stereocenters. The van der Waals surface area contributed by atoms with Gasteiger partial charge in [0.15, 0.2) is 0 Å². The lowest BCUT2D eigenvalue weighted by molar-refractivity contribution is 0.0306. The Bertz CT molecular complexity index is 1050. The van der Waals surface area contributed by atoms with E-state index in [0.29, 0.717) is 25.4 Å². The van der Waals surface area contributed by atoms with Gasteiger partial charge in [0.1, 0.15) is 17.5 Å². The van der Waals surface area contributed by atoms with Crippen LogP contribution in [0.15, 0.2) is 70.1 Å². The minimum Gasteiger partial charge on any atom is -0.477 e. The van der Waals surface area contributed by atoms with E-state index in [1.54, 1.807) is 6.92 Å². The van der Waals surface area contributed by atoms with Crippen LogP contribution in [0.3, 0.4) is 0 Å². The molecule has 29 heavy (non-hydrogen) atoms. The Morgan fingerprint density at radius 3 is 2.55 bits per heavy atom. The van der Waals surface area contributed by atoms with Crippen molar-refractivity contribution in [1.82, 2.24) is 9.55 Å². The first kappa shape index (κ1) is 21.0. The zero-order valence-electron chi connectivity index (χ0n) is 15.9. The Labute approximate surface area is 176 Å². The molecule has 1 aromatic heterocycles. The summed E-state index contributed by atoms with van der Waals surface area (Å²) in [6, 6.07) is 17.6. The second-order valence-corrected chi connectivity index (χ2v) is 7.42. The van der Waals surface area contributed by atoms with Gasteiger partial charge in [-0.2, -0.15) is 0 Å². The molecule has 0 aliphatic heterocycles. The summed E-state index contributed by atoms with van der Waals surface area (Å²) in [5, 5.41) is 9.24. The Morgan fingerprint density at radius 1 is 1.17 bits per heavy atom. The number of hydrogen-bond donors (Lipinski definition) is 1. The van der Waals surface area contributed by atoms with Crippen LogP contribution in [0, 0.1) is 0 Å². The summed E-state index contributed by atoms with van der Waals surface area (Å²) in [5.74, 6) is -0.872. The molecule has 150 valence electrons. The fourth-order valence-corrected chi connectivity index (χ4v) is 3.53. The molecule has 1 unspecified atom stereocenters. The first-order valence-electron chi connectivity index (χ1n) is 9.22. The molecule has 1 N–H and O–H groups in total. The molecule has 0 aliphatic rings. The van der Waals surface area contributed by atoms with Gasteiger partial charge in [0.05, 0.1) is 6.61 Å². The molecular weight excluding hydrogens is 436 g/mol. The third kappa shape index (κ3) is 5.19. The number of ether oxygens (including phenoxy) is 1. The molecule has 0 bridgehead atoms. The number of halogens is 1. The second kappa shape index (κ2) is 9.62. The van der Waals surface area contributed by atoms with Crippen molar-refractivity contribution >= 4 is 21.9 Å². The number of aromatic carboxylic acids is 1. The quantitative estimate of drug-likeness (QED) is 0.548. The van der Waals surface area contributed by atoms with E-state index in [1.807, 2.05) is 54.6 Å². The van der Waals surface area contributed by atoms with Crippen LogP contribution in [0.4, 0.5) is 0 Å². The summed E-state index contributed by atoms with van der Waals surface area (Å²) in [4.78, 5) is 28.3. The number of aromatic nitrogens is 2. The number of rotatable bonds is 8. The second-order valence-electron chi connectivity index (χ2n) is 6.50. The normalized spacial score (nSPS) is 11.9. The SMILES string of the molecule is CCn1c(C(Cc2cccc(Br)c2)OCc2ccccc2)ncc(C(=O)O)c1=O. The number of carboxylic acids is 1. The van der Waals surface area contributed by atoms with E-state index in [9.17, 15) is 14.7 Å². The van der Waals surface area contributed by atoms with Crippen LogP contribution in [0.2, 0.25) is 0 Å². The molecule has 7 heteroatoms. The van der Waals surface area contributed by atoms with E-state index in [2.05, 4.69) is 20.9 Å². The van der Waals surface area contributed by atoms with Crippen LogP contribution in [0.5, 0.6) is 0 Å². The maximum Gasteiger partial charge on any atom is 0.342 e. The smallest absolute Gasteiger partial charge is 0.342 e. The van der Waals surface area contributed by atoms with E-state index in [1.165, 1.54) is 4.57 Å². The van der Waals surface area contributed by atoms with E-state index < -0.39 is 17.6 Å². The van der Waals surface area contributed by atoms with Gasteiger partial charge in [-0.05, 0) is 30.2 Å². The summed E-state index contributed by atoms with van der Waals surface area (Å²) in [7, 11) is 0. The summed E-state index contributed by atoms with van der Waals surface area (Å²) in [5.41, 5.74) is 1.09. The molecule has 3 aromatic rings. The highest BCUT2D eigenvalue weighted by atomic mass is 79.9. The average molecular weight is 457 g/mol. The molecule has 0 saturated carbocycles. The first-order valence-corrected chi connectivity index (χ1v) is 10.0. The van der Waals surface area contributed by atoms with Crippen molar-refractivity contribution in [2.45, 2.75) is 32.6 Å². The molecule has 0 aliphatic carbocycles. The van der Waals surface area contributed by atoms with Gasteiger partial charge in [0.25, 0.3) is 5.56 Å². The lowest BCUT2D eigenvalue weighted by atomic mass is 10.1. The molecule has 0 saturated heterocycles. The van der Waals surface area contributed by atoms with Crippen molar-refractivity contribution in [1.29, 1.82) is 0 Å². The fraction of sp³-hybridized carbons (Fsp3) is 0.227. The molecule has 0 fully saturated rings. The fourth-order valence-electron chi connectivity index (χ4n) is 3.09. The third-order valence-corrected chi connectivity index (χ3v) is 5.01. The Morgan fingerprint density at radius 2 is 1.90 bits per heavy atom. The van der Waals surface area contributed by atoms with Crippen LogP contribution in [0.1, 0.15) is 40.3 Å².